The summed E-state index contributed by atoms with van der Waals surface area (Å²) in [6.45, 7) is 6.99. The van der Waals surface area contributed by atoms with Crippen LogP contribution in [0.3, 0.4) is 0 Å². The molecule has 0 unspecified atom stereocenters. The predicted molar refractivity (Wildman–Crippen MR) is 74.4 cm³/mol. The molecule has 19 heavy (non-hydrogen) atoms. The molecule has 0 N–H and O–H groups in total. The van der Waals surface area contributed by atoms with Crippen LogP contribution in [0.5, 0.6) is 0 Å². The molecule has 0 bridgehead atoms. The fraction of sp³-hybridized carbons (Fsp3) is 0.867. The number of rotatable bonds is 4. The minimum Gasteiger partial charge on any atom is -0.343 e. The Bertz CT molecular complexity index is 347. The van der Waals surface area contributed by atoms with Gasteiger partial charge in [-0.1, -0.05) is 0 Å². The molecule has 2 saturated heterocycles. The number of hydrogen-bond donors (Lipinski definition) is 0. The van der Waals surface area contributed by atoms with Crippen LogP contribution >= 0.6 is 0 Å². The Hall–Kier alpha value is -1.08. The van der Waals surface area contributed by atoms with Crippen LogP contribution in [0, 0.1) is 16.7 Å². The predicted octanol–water partition coefficient (Wildman–Crippen LogP) is 2.01. The van der Waals surface area contributed by atoms with Gasteiger partial charge in [0.25, 0.3) is 0 Å². The van der Waals surface area contributed by atoms with E-state index in [1.54, 1.807) is 0 Å². The minimum atomic E-state index is -0.216. The maximum Gasteiger partial charge on any atom is 0.222 e. The van der Waals surface area contributed by atoms with E-state index < -0.39 is 0 Å². The lowest BCUT2D eigenvalue weighted by atomic mass is 9.82. The highest BCUT2D eigenvalue weighted by Gasteiger charge is 2.31. The van der Waals surface area contributed by atoms with Crippen molar-refractivity contribution in [2.24, 2.45) is 5.41 Å². The monoisotopic (exact) mass is 263 g/mol. The van der Waals surface area contributed by atoms with Crippen molar-refractivity contribution < 1.29 is 4.79 Å². The molecule has 0 atom stereocenters. The van der Waals surface area contributed by atoms with Crippen LogP contribution in [0.25, 0.3) is 0 Å². The third kappa shape index (κ3) is 3.94. The molecule has 0 aromatic rings. The van der Waals surface area contributed by atoms with Gasteiger partial charge >= 0.3 is 0 Å². The molecule has 0 aromatic heterocycles. The molecule has 0 saturated carbocycles. The maximum atomic E-state index is 12.1. The molecule has 0 radical (unpaired) electrons. The summed E-state index contributed by atoms with van der Waals surface area (Å²) in [4.78, 5) is 16.5. The largest absolute Gasteiger partial charge is 0.343 e. The highest BCUT2D eigenvalue weighted by Crippen LogP contribution is 2.29. The van der Waals surface area contributed by atoms with Gasteiger partial charge in [0.2, 0.25) is 5.91 Å². The third-order valence-electron chi connectivity index (χ3n) is 4.55. The van der Waals surface area contributed by atoms with E-state index in [9.17, 15) is 4.79 Å². The van der Waals surface area contributed by atoms with Crippen LogP contribution in [0.15, 0.2) is 0 Å². The summed E-state index contributed by atoms with van der Waals surface area (Å²) < 4.78 is 0. The van der Waals surface area contributed by atoms with E-state index in [-0.39, 0.29) is 11.3 Å². The number of piperidine rings is 1. The molecule has 2 fully saturated rings. The quantitative estimate of drug-likeness (QED) is 0.779. The minimum absolute atomic E-state index is 0.216. The number of nitriles is 1. The van der Waals surface area contributed by atoms with Gasteiger partial charge < -0.3 is 9.80 Å². The van der Waals surface area contributed by atoms with E-state index in [0.717, 1.165) is 38.9 Å². The summed E-state index contributed by atoms with van der Waals surface area (Å²) in [7, 11) is 0. The number of carbonyl (C=O) groups is 1. The SMILES string of the molecule is CC1(C#N)CCN(C(=O)CCCN2CCCC2)CC1. The van der Waals surface area contributed by atoms with E-state index in [4.69, 9.17) is 5.26 Å². The van der Waals surface area contributed by atoms with Crippen molar-refractivity contribution in [3.8, 4) is 6.07 Å². The topological polar surface area (TPSA) is 47.3 Å². The second-order valence-corrected chi connectivity index (χ2v) is 6.21. The van der Waals surface area contributed by atoms with Gasteiger partial charge in [-0.25, -0.2) is 0 Å². The van der Waals surface area contributed by atoms with Crippen molar-refractivity contribution >= 4 is 5.91 Å². The summed E-state index contributed by atoms with van der Waals surface area (Å²) in [5.41, 5.74) is -0.216. The molecule has 1 amide bonds. The second kappa shape index (κ2) is 6.38. The Kier molecular flexibility index (Phi) is 4.81. The first kappa shape index (κ1) is 14.3. The number of amides is 1. The smallest absolute Gasteiger partial charge is 0.222 e. The Morgan fingerprint density at radius 1 is 1.21 bits per heavy atom. The van der Waals surface area contributed by atoms with Gasteiger partial charge in [-0.15, -0.1) is 0 Å². The fourth-order valence-electron chi connectivity index (χ4n) is 2.98. The molecule has 4 nitrogen and oxygen atoms in total. The summed E-state index contributed by atoms with van der Waals surface area (Å²) in [6, 6.07) is 2.38. The van der Waals surface area contributed by atoms with Gasteiger partial charge in [0.1, 0.15) is 0 Å². The molecule has 0 spiro atoms. The Balaban J connectivity index is 1.65. The molecule has 2 aliphatic heterocycles. The van der Waals surface area contributed by atoms with Gasteiger partial charge in [-0.05, 0) is 58.7 Å². The number of carbonyl (C=O) groups excluding carboxylic acids is 1. The first-order valence-electron chi connectivity index (χ1n) is 7.54. The van der Waals surface area contributed by atoms with Gasteiger partial charge in [0.05, 0.1) is 11.5 Å². The van der Waals surface area contributed by atoms with Crippen LogP contribution in [-0.4, -0.2) is 48.4 Å². The average molecular weight is 263 g/mol. The van der Waals surface area contributed by atoms with Crippen LogP contribution in [0.2, 0.25) is 0 Å². The Labute approximate surface area is 116 Å². The second-order valence-electron chi connectivity index (χ2n) is 6.21. The van der Waals surface area contributed by atoms with Gasteiger partial charge in [0, 0.05) is 19.5 Å². The van der Waals surface area contributed by atoms with Gasteiger partial charge in [-0.2, -0.15) is 5.26 Å². The standard InChI is InChI=1S/C15H25N3O/c1-15(13-16)6-11-18(12-7-15)14(19)5-4-10-17-8-2-3-9-17/h2-12H2,1H3. The van der Waals surface area contributed by atoms with Crippen LogP contribution < -0.4 is 0 Å². The lowest BCUT2D eigenvalue weighted by Crippen LogP contribution is -2.41. The van der Waals surface area contributed by atoms with Gasteiger partial charge in [-0.3, -0.25) is 4.79 Å². The van der Waals surface area contributed by atoms with E-state index in [1.165, 1.54) is 25.9 Å². The van der Waals surface area contributed by atoms with Crippen molar-refractivity contribution in [2.45, 2.75) is 45.4 Å². The summed E-state index contributed by atoms with van der Waals surface area (Å²) >= 11 is 0. The average Bonchev–Trinajstić information content (AvgIpc) is 2.92. The third-order valence-corrected chi connectivity index (χ3v) is 4.55. The molecule has 2 heterocycles. The van der Waals surface area contributed by atoms with Crippen molar-refractivity contribution in [1.82, 2.24) is 9.80 Å². The molecule has 0 aromatic carbocycles. The molecule has 2 rings (SSSR count). The van der Waals surface area contributed by atoms with Crippen molar-refractivity contribution in [3.05, 3.63) is 0 Å². The fourth-order valence-corrected chi connectivity index (χ4v) is 2.98. The zero-order chi connectivity index (χ0) is 13.7. The number of nitrogens with zero attached hydrogens (tertiary/aromatic N) is 3. The van der Waals surface area contributed by atoms with Crippen molar-refractivity contribution in [3.63, 3.8) is 0 Å². The Morgan fingerprint density at radius 2 is 1.84 bits per heavy atom. The Morgan fingerprint density at radius 3 is 2.42 bits per heavy atom. The van der Waals surface area contributed by atoms with Crippen molar-refractivity contribution in [2.75, 3.05) is 32.7 Å². The lowest BCUT2D eigenvalue weighted by Gasteiger charge is -2.35. The molecule has 4 heteroatoms. The normalized spacial score (nSPS) is 23.3. The van der Waals surface area contributed by atoms with Crippen LogP contribution in [0.4, 0.5) is 0 Å². The highest BCUT2D eigenvalue weighted by molar-refractivity contribution is 5.76. The molecule has 2 aliphatic rings. The molecule has 106 valence electrons. The zero-order valence-corrected chi connectivity index (χ0v) is 12.0. The molecular weight excluding hydrogens is 238 g/mol. The van der Waals surface area contributed by atoms with Gasteiger partial charge in [0.15, 0.2) is 0 Å². The zero-order valence-electron chi connectivity index (χ0n) is 12.0. The van der Waals surface area contributed by atoms with E-state index in [2.05, 4.69) is 11.0 Å². The van der Waals surface area contributed by atoms with Crippen LogP contribution in [0.1, 0.15) is 45.4 Å². The summed E-state index contributed by atoms with van der Waals surface area (Å²) in [5.74, 6) is 0.277. The molecular formula is C15H25N3O. The number of hydrogen-bond acceptors (Lipinski definition) is 3. The number of likely N-dealkylation sites (tertiary alicyclic amines) is 2. The first-order valence-corrected chi connectivity index (χ1v) is 7.54. The lowest BCUT2D eigenvalue weighted by molar-refractivity contribution is -0.133. The highest BCUT2D eigenvalue weighted by atomic mass is 16.2. The van der Waals surface area contributed by atoms with Crippen molar-refractivity contribution in [1.29, 1.82) is 5.26 Å². The van der Waals surface area contributed by atoms with E-state index in [1.807, 2.05) is 11.8 Å². The summed E-state index contributed by atoms with van der Waals surface area (Å²) in [5, 5.41) is 9.08. The summed E-state index contributed by atoms with van der Waals surface area (Å²) in [6.07, 6.45) is 5.91. The maximum absolute atomic E-state index is 12.1. The first-order chi connectivity index (χ1) is 9.13. The van der Waals surface area contributed by atoms with E-state index in [0.29, 0.717) is 6.42 Å². The van der Waals surface area contributed by atoms with E-state index >= 15 is 0 Å². The molecule has 0 aliphatic carbocycles. The van der Waals surface area contributed by atoms with Crippen LogP contribution in [-0.2, 0) is 4.79 Å².